The predicted octanol–water partition coefficient (Wildman–Crippen LogP) is 3.09. The van der Waals surface area contributed by atoms with Crippen LogP contribution in [-0.2, 0) is 16.1 Å². The van der Waals surface area contributed by atoms with E-state index in [4.69, 9.17) is 18.9 Å². The molecule has 0 amide bonds. The first kappa shape index (κ1) is 13.2. The van der Waals surface area contributed by atoms with Gasteiger partial charge >= 0.3 is 0 Å². The van der Waals surface area contributed by atoms with Gasteiger partial charge in [-0.2, -0.15) is 0 Å². The van der Waals surface area contributed by atoms with Gasteiger partial charge in [-0.3, -0.25) is 0 Å². The average Bonchev–Trinajstić information content (AvgIpc) is 2.84. The molecule has 0 aromatic heterocycles. The Kier molecular flexibility index (Phi) is 4.84. The quantitative estimate of drug-likeness (QED) is 0.552. The molecule has 0 saturated carbocycles. The standard InChI is InChI=1S/C14H20O4/c1-3-4-7-15-11(2)16-9-12-5-6-13-14(8-12)18-10-17-13/h5-6,8,11H,3-4,7,9-10H2,1-2H3/t11-/m1/s1. The fourth-order valence-electron chi connectivity index (χ4n) is 1.69. The van der Waals surface area contributed by atoms with E-state index in [1.165, 1.54) is 0 Å². The van der Waals surface area contributed by atoms with Gasteiger partial charge in [-0.1, -0.05) is 19.4 Å². The van der Waals surface area contributed by atoms with Crippen LogP contribution in [0.4, 0.5) is 0 Å². The maximum atomic E-state index is 5.62. The van der Waals surface area contributed by atoms with E-state index >= 15 is 0 Å². The normalized spacial score (nSPS) is 14.8. The average molecular weight is 252 g/mol. The second-order valence-corrected chi connectivity index (χ2v) is 4.29. The number of benzene rings is 1. The third-order valence-corrected chi connectivity index (χ3v) is 2.77. The van der Waals surface area contributed by atoms with Crippen LogP contribution >= 0.6 is 0 Å². The SMILES string of the molecule is CCCCO[C@@H](C)OCc1ccc2c(c1)OCO2. The molecule has 0 N–H and O–H groups in total. The molecule has 0 fully saturated rings. The summed E-state index contributed by atoms with van der Waals surface area (Å²) in [7, 11) is 0. The number of rotatable bonds is 7. The van der Waals surface area contributed by atoms with Crippen LogP contribution in [0, 0.1) is 0 Å². The van der Waals surface area contributed by atoms with E-state index in [0.29, 0.717) is 13.4 Å². The predicted molar refractivity (Wildman–Crippen MR) is 67.7 cm³/mol. The van der Waals surface area contributed by atoms with Crippen LogP contribution in [-0.4, -0.2) is 19.7 Å². The molecular weight excluding hydrogens is 232 g/mol. The van der Waals surface area contributed by atoms with Crippen molar-refractivity contribution in [2.45, 2.75) is 39.6 Å². The molecule has 2 rings (SSSR count). The Morgan fingerprint density at radius 1 is 1.22 bits per heavy atom. The van der Waals surface area contributed by atoms with Gasteiger partial charge in [0.1, 0.15) is 0 Å². The van der Waals surface area contributed by atoms with Crippen molar-refractivity contribution in [3.05, 3.63) is 23.8 Å². The molecule has 0 radical (unpaired) electrons. The largest absolute Gasteiger partial charge is 0.454 e. The molecule has 1 aromatic carbocycles. The van der Waals surface area contributed by atoms with E-state index in [1.54, 1.807) is 0 Å². The second kappa shape index (κ2) is 6.61. The Morgan fingerprint density at radius 3 is 2.89 bits per heavy atom. The lowest BCUT2D eigenvalue weighted by Gasteiger charge is -2.14. The van der Waals surface area contributed by atoms with Crippen molar-refractivity contribution in [3.63, 3.8) is 0 Å². The van der Waals surface area contributed by atoms with Crippen molar-refractivity contribution in [2.24, 2.45) is 0 Å². The van der Waals surface area contributed by atoms with Gasteiger partial charge in [0.2, 0.25) is 6.79 Å². The van der Waals surface area contributed by atoms with Crippen LogP contribution in [0.5, 0.6) is 11.5 Å². The van der Waals surface area contributed by atoms with Gasteiger partial charge in [-0.25, -0.2) is 0 Å². The molecule has 4 heteroatoms. The molecular formula is C14H20O4. The first-order valence-corrected chi connectivity index (χ1v) is 6.41. The molecule has 0 unspecified atom stereocenters. The van der Waals surface area contributed by atoms with Gasteiger partial charge in [0.15, 0.2) is 17.8 Å². The molecule has 18 heavy (non-hydrogen) atoms. The third-order valence-electron chi connectivity index (χ3n) is 2.77. The number of hydrogen-bond donors (Lipinski definition) is 0. The van der Waals surface area contributed by atoms with Crippen molar-refractivity contribution in [1.29, 1.82) is 0 Å². The highest BCUT2D eigenvalue weighted by Gasteiger charge is 2.13. The van der Waals surface area contributed by atoms with Crippen LogP contribution in [0.15, 0.2) is 18.2 Å². The fraction of sp³-hybridized carbons (Fsp3) is 0.571. The monoisotopic (exact) mass is 252 g/mol. The zero-order valence-corrected chi connectivity index (χ0v) is 11.0. The van der Waals surface area contributed by atoms with Crippen molar-refractivity contribution in [3.8, 4) is 11.5 Å². The van der Waals surface area contributed by atoms with Gasteiger partial charge < -0.3 is 18.9 Å². The minimum Gasteiger partial charge on any atom is -0.454 e. The number of ether oxygens (including phenoxy) is 4. The maximum Gasteiger partial charge on any atom is 0.231 e. The number of fused-ring (bicyclic) bond motifs is 1. The van der Waals surface area contributed by atoms with Crippen LogP contribution in [0.25, 0.3) is 0 Å². The highest BCUT2D eigenvalue weighted by Crippen LogP contribution is 2.32. The van der Waals surface area contributed by atoms with Gasteiger partial charge in [0.25, 0.3) is 0 Å². The van der Waals surface area contributed by atoms with Crippen LogP contribution in [0.2, 0.25) is 0 Å². The lowest BCUT2D eigenvalue weighted by atomic mass is 10.2. The second-order valence-electron chi connectivity index (χ2n) is 4.29. The van der Waals surface area contributed by atoms with Crippen molar-refractivity contribution >= 4 is 0 Å². The molecule has 1 aromatic rings. The molecule has 1 atom stereocenters. The molecule has 0 spiro atoms. The summed E-state index contributed by atoms with van der Waals surface area (Å²) in [5, 5.41) is 0. The Morgan fingerprint density at radius 2 is 2.06 bits per heavy atom. The first-order valence-electron chi connectivity index (χ1n) is 6.41. The Bertz CT molecular complexity index is 378. The van der Waals surface area contributed by atoms with E-state index < -0.39 is 0 Å². The summed E-state index contributed by atoms with van der Waals surface area (Å²) in [6.07, 6.45) is 2.02. The van der Waals surface area contributed by atoms with Crippen molar-refractivity contribution in [2.75, 3.05) is 13.4 Å². The minimum absolute atomic E-state index is 0.179. The summed E-state index contributed by atoms with van der Waals surface area (Å²) in [5.41, 5.74) is 1.06. The van der Waals surface area contributed by atoms with E-state index in [9.17, 15) is 0 Å². The third kappa shape index (κ3) is 3.62. The molecule has 100 valence electrons. The highest BCUT2D eigenvalue weighted by molar-refractivity contribution is 5.44. The van der Waals surface area contributed by atoms with E-state index in [-0.39, 0.29) is 6.29 Å². The van der Waals surface area contributed by atoms with E-state index in [2.05, 4.69) is 6.92 Å². The fourth-order valence-corrected chi connectivity index (χ4v) is 1.69. The molecule has 0 saturated heterocycles. The topological polar surface area (TPSA) is 36.9 Å². The van der Waals surface area contributed by atoms with Gasteiger partial charge in [0.05, 0.1) is 6.61 Å². The summed E-state index contributed by atoms with van der Waals surface area (Å²) in [5.74, 6) is 1.58. The Hall–Kier alpha value is -1.26. The smallest absolute Gasteiger partial charge is 0.231 e. The zero-order valence-electron chi connectivity index (χ0n) is 11.0. The molecule has 0 aliphatic carbocycles. The maximum absolute atomic E-state index is 5.62. The molecule has 0 bridgehead atoms. The van der Waals surface area contributed by atoms with Gasteiger partial charge in [-0.05, 0) is 31.0 Å². The lowest BCUT2D eigenvalue weighted by molar-refractivity contribution is -0.138. The van der Waals surface area contributed by atoms with Crippen molar-refractivity contribution in [1.82, 2.24) is 0 Å². The van der Waals surface area contributed by atoms with Crippen LogP contribution in [0.1, 0.15) is 32.3 Å². The van der Waals surface area contributed by atoms with Crippen molar-refractivity contribution < 1.29 is 18.9 Å². The van der Waals surface area contributed by atoms with Crippen LogP contribution in [0.3, 0.4) is 0 Å². The number of hydrogen-bond acceptors (Lipinski definition) is 4. The Labute approximate surface area is 108 Å². The first-order chi connectivity index (χ1) is 8.79. The summed E-state index contributed by atoms with van der Waals surface area (Å²) >= 11 is 0. The van der Waals surface area contributed by atoms with Gasteiger partial charge in [-0.15, -0.1) is 0 Å². The zero-order chi connectivity index (χ0) is 12.8. The highest BCUT2D eigenvalue weighted by atomic mass is 16.7. The lowest BCUT2D eigenvalue weighted by Crippen LogP contribution is -2.13. The van der Waals surface area contributed by atoms with E-state index in [1.807, 2.05) is 25.1 Å². The molecule has 1 aliphatic rings. The summed E-state index contributed by atoms with van der Waals surface area (Å²) in [6.45, 7) is 5.63. The van der Waals surface area contributed by atoms with E-state index in [0.717, 1.165) is 36.5 Å². The summed E-state index contributed by atoms with van der Waals surface area (Å²) in [6, 6.07) is 5.83. The Balaban J connectivity index is 1.76. The molecule has 1 aliphatic heterocycles. The minimum atomic E-state index is -0.179. The summed E-state index contributed by atoms with van der Waals surface area (Å²) < 4.78 is 21.7. The molecule has 1 heterocycles. The van der Waals surface area contributed by atoms with Crippen LogP contribution < -0.4 is 9.47 Å². The van der Waals surface area contributed by atoms with Gasteiger partial charge in [0, 0.05) is 6.61 Å². The number of unbranched alkanes of at least 4 members (excludes halogenated alkanes) is 1. The molecule has 4 nitrogen and oxygen atoms in total. The summed E-state index contributed by atoms with van der Waals surface area (Å²) in [4.78, 5) is 0.